The molecule has 1 aromatic carbocycles. The first kappa shape index (κ1) is 13.6. The zero-order valence-electron chi connectivity index (χ0n) is 11.5. The van der Waals surface area contributed by atoms with E-state index in [2.05, 4.69) is 13.8 Å². The van der Waals surface area contributed by atoms with Crippen molar-refractivity contribution in [2.45, 2.75) is 33.1 Å². The summed E-state index contributed by atoms with van der Waals surface area (Å²) in [7, 11) is 0. The first-order chi connectivity index (χ1) is 8.90. The van der Waals surface area contributed by atoms with Crippen LogP contribution >= 0.6 is 0 Å². The molecule has 1 amide bonds. The minimum absolute atomic E-state index is 0.0350. The van der Waals surface area contributed by atoms with Crippen LogP contribution in [-0.2, 0) is 9.59 Å². The Kier molecular flexibility index (Phi) is 3.60. The second-order valence-corrected chi connectivity index (χ2v) is 5.42. The lowest BCUT2D eigenvalue weighted by Crippen LogP contribution is -2.33. The van der Waals surface area contributed by atoms with Gasteiger partial charge in [0.25, 0.3) is 0 Å². The van der Waals surface area contributed by atoms with E-state index in [9.17, 15) is 14.7 Å². The Hall–Kier alpha value is -1.84. The Morgan fingerprint density at radius 1 is 1.42 bits per heavy atom. The monoisotopic (exact) mass is 260 g/mol. The van der Waals surface area contributed by atoms with Gasteiger partial charge < -0.3 is 14.8 Å². The number of carboxylic acids is 1. The molecule has 2 rings (SSSR count). The largest absolute Gasteiger partial charge is 0.550 e. The average molecular weight is 260 g/mol. The fraction of sp³-hybridized carbons (Fsp3) is 0.467. The van der Waals surface area contributed by atoms with Crippen LogP contribution in [0.4, 0.5) is 5.69 Å². The van der Waals surface area contributed by atoms with Crippen molar-refractivity contribution in [1.82, 2.24) is 0 Å². The Morgan fingerprint density at radius 3 is 2.58 bits per heavy atom. The third kappa shape index (κ3) is 2.62. The fourth-order valence-electron chi connectivity index (χ4n) is 2.59. The van der Waals surface area contributed by atoms with Gasteiger partial charge in [-0.2, -0.15) is 0 Å². The Bertz CT molecular complexity index is 522. The molecule has 0 unspecified atom stereocenters. The molecular weight excluding hydrogens is 242 g/mol. The lowest BCUT2D eigenvalue weighted by molar-refractivity contribution is -0.310. The van der Waals surface area contributed by atoms with E-state index in [1.54, 1.807) is 0 Å². The normalized spacial score (nSPS) is 19.3. The van der Waals surface area contributed by atoms with Crippen LogP contribution in [0.5, 0.6) is 0 Å². The number of carbonyl (C=O) groups excluding carboxylic acids is 2. The molecule has 1 aliphatic heterocycles. The third-order valence-corrected chi connectivity index (χ3v) is 3.65. The van der Waals surface area contributed by atoms with Crippen molar-refractivity contribution in [3.05, 3.63) is 29.3 Å². The number of hydrogen-bond acceptors (Lipinski definition) is 3. The lowest BCUT2D eigenvalue weighted by Gasteiger charge is -2.19. The predicted molar refractivity (Wildman–Crippen MR) is 70.7 cm³/mol. The van der Waals surface area contributed by atoms with E-state index in [0.29, 0.717) is 5.92 Å². The quantitative estimate of drug-likeness (QED) is 0.821. The van der Waals surface area contributed by atoms with Crippen LogP contribution < -0.4 is 10.0 Å². The maximum atomic E-state index is 11.9. The minimum atomic E-state index is -1.15. The molecule has 102 valence electrons. The lowest BCUT2D eigenvalue weighted by atomic mass is 9.97. The zero-order chi connectivity index (χ0) is 14.2. The van der Waals surface area contributed by atoms with Gasteiger partial charge in [-0.15, -0.1) is 0 Å². The van der Waals surface area contributed by atoms with Crippen molar-refractivity contribution in [3.8, 4) is 0 Å². The second kappa shape index (κ2) is 5.03. The van der Waals surface area contributed by atoms with Crippen molar-refractivity contribution < 1.29 is 14.7 Å². The third-order valence-electron chi connectivity index (χ3n) is 3.65. The highest BCUT2D eigenvalue weighted by molar-refractivity contribution is 5.99. The Labute approximate surface area is 113 Å². The summed E-state index contributed by atoms with van der Waals surface area (Å²) in [5.41, 5.74) is 3.14. The molecule has 1 aromatic rings. The number of aryl methyl sites for hydroxylation is 1. The smallest absolute Gasteiger partial charge is 0.227 e. The van der Waals surface area contributed by atoms with E-state index in [4.69, 9.17) is 0 Å². The number of aliphatic carboxylic acids is 1. The van der Waals surface area contributed by atoms with Crippen LogP contribution in [0.15, 0.2) is 18.2 Å². The summed E-state index contributed by atoms with van der Waals surface area (Å²) < 4.78 is 0. The highest BCUT2D eigenvalue weighted by Gasteiger charge is 2.31. The molecule has 19 heavy (non-hydrogen) atoms. The Balaban J connectivity index is 2.26. The molecule has 1 fully saturated rings. The first-order valence-electron chi connectivity index (χ1n) is 6.52. The van der Waals surface area contributed by atoms with Gasteiger partial charge in [-0.1, -0.05) is 19.9 Å². The molecule has 0 aliphatic carbocycles. The minimum Gasteiger partial charge on any atom is -0.550 e. The standard InChI is InChI=1S/C15H19NO3/c1-9(2)13-5-4-12(6-10(13)3)16-8-11(15(18)19)7-14(16)17/h4-6,9,11H,7-8H2,1-3H3,(H,18,19)/p-1/t11-/m1/s1. The van der Waals surface area contributed by atoms with Crippen LogP contribution in [0.25, 0.3) is 0 Å². The number of anilines is 1. The molecule has 1 saturated heterocycles. The number of benzene rings is 1. The maximum Gasteiger partial charge on any atom is 0.227 e. The van der Waals surface area contributed by atoms with E-state index in [1.807, 2.05) is 25.1 Å². The fourth-order valence-corrected chi connectivity index (χ4v) is 2.59. The number of rotatable bonds is 3. The molecule has 1 aliphatic rings. The number of nitrogens with zero attached hydrogens (tertiary/aromatic N) is 1. The summed E-state index contributed by atoms with van der Waals surface area (Å²) in [6, 6.07) is 5.84. The highest BCUT2D eigenvalue weighted by atomic mass is 16.4. The average Bonchev–Trinajstić information content (AvgIpc) is 2.71. The van der Waals surface area contributed by atoms with E-state index < -0.39 is 11.9 Å². The highest BCUT2D eigenvalue weighted by Crippen LogP contribution is 2.28. The van der Waals surface area contributed by atoms with Gasteiger partial charge in [0, 0.05) is 30.5 Å². The molecule has 0 aromatic heterocycles. The molecule has 1 atom stereocenters. The molecule has 0 bridgehead atoms. The number of hydrogen-bond donors (Lipinski definition) is 0. The van der Waals surface area contributed by atoms with Crippen molar-refractivity contribution in [2.24, 2.45) is 5.92 Å². The molecule has 0 spiro atoms. The second-order valence-electron chi connectivity index (χ2n) is 5.42. The first-order valence-corrected chi connectivity index (χ1v) is 6.52. The van der Waals surface area contributed by atoms with E-state index in [-0.39, 0.29) is 18.9 Å². The van der Waals surface area contributed by atoms with E-state index in [1.165, 1.54) is 10.5 Å². The number of carbonyl (C=O) groups is 2. The van der Waals surface area contributed by atoms with Gasteiger partial charge in [0.1, 0.15) is 0 Å². The molecule has 4 nitrogen and oxygen atoms in total. The molecule has 1 heterocycles. The van der Waals surface area contributed by atoms with Crippen LogP contribution in [0.3, 0.4) is 0 Å². The van der Waals surface area contributed by atoms with Gasteiger partial charge in [-0.05, 0) is 36.1 Å². The summed E-state index contributed by atoms with van der Waals surface area (Å²) in [6.45, 7) is 6.46. The van der Waals surface area contributed by atoms with Gasteiger partial charge in [0.2, 0.25) is 5.91 Å². The summed E-state index contributed by atoms with van der Waals surface area (Å²) in [6.07, 6.45) is 0.0350. The van der Waals surface area contributed by atoms with E-state index >= 15 is 0 Å². The maximum absolute atomic E-state index is 11.9. The zero-order valence-corrected chi connectivity index (χ0v) is 11.5. The van der Waals surface area contributed by atoms with Crippen molar-refractivity contribution in [2.75, 3.05) is 11.4 Å². The van der Waals surface area contributed by atoms with Gasteiger partial charge in [0.15, 0.2) is 0 Å². The van der Waals surface area contributed by atoms with E-state index in [0.717, 1.165) is 11.3 Å². The summed E-state index contributed by atoms with van der Waals surface area (Å²) >= 11 is 0. The topological polar surface area (TPSA) is 60.4 Å². The molecule has 4 heteroatoms. The van der Waals surface area contributed by atoms with Crippen molar-refractivity contribution >= 4 is 17.6 Å². The van der Waals surface area contributed by atoms with Crippen LogP contribution in [0, 0.1) is 12.8 Å². The van der Waals surface area contributed by atoms with Gasteiger partial charge in [-0.3, -0.25) is 4.79 Å². The summed E-state index contributed by atoms with van der Waals surface area (Å²) in [4.78, 5) is 24.2. The SMILES string of the molecule is Cc1cc(N2C[C@H](C(=O)[O-])CC2=O)ccc1C(C)C. The Morgan fingerprint density at radius 2 is 2.11 bits per heavy atom. The van der Waals surface area contributed by atoms with Gasteiger partial charge in [0.05, 0.1) is 0 Å². The molecule has 0 saturated carbocycles. The number of amides is 1. The number of carboxylic acid groups (broad SMARTS) is 1. The van der Waals surface area contributed by atoms with Gasteiger partial charge >= 0.3 is 0 Å². The molecule has 0 N–H and O–H groups in total. The predicted octanol–water partition coefficient (Wildman–Crippen LogP) is 1.22. The van der Waals surface area contributed by atoms with Gasteiger partial charge in [-0.25, -0.2) is 0 Å². The summed E-state index contributed by atoms with van der Waals surface area (Å²) in [5, 5.41) is 10.8. The summed E-state index contributed by atoms with van der Waals surface area (Å²) in [5.74, 6) is -1.56. The van der Waals surface area contributed by atoms with Crippen LogP contribution in [0.1, 0.15) is 37.3 Å². The molecule has 0 radical (unpaired) electrons. The molecular formula is C15H18NO3-. The van der Waals surface area contributed by atoms with Crippen LogP contribution in [-0.4, -0.2) is 18.4 Å². The van der Waals surface area contributed by atoms with Crippen molar-refractivity contribution in [1.29, 1.82) is 0 Å². The van der Waals surface area contributed by atoms with Crippen LogP contribution in [0.2, 0.25) is 0 Å². The van der Waals surface area contributed by atoms with Crippen molar-refractivity contribution in [3.63, 3.8) is 0 Å².